The first-order valence-corrected chi connectivity index (χ1v) is 6.18. The summed E-state index contributed by atoms with van der Waals surface area (Å²) in [5.41, 5.74) is 0.769. The molecular formula is C9H13NO4S. The molecule has 0 saturated carbocycles. The van der Waals surface area contributed by atoms with Crippen LogP contribution in [0.3, 0.4) is 0 Å². The number of phenolic OH excluding ortho intramolecular Hbond substituents is 1. The van der Waals surface area contributed by atoms with E-state index in [0.29, 0.717) is 13.0 Å². The molecule has 0 fully saturated rings. The van der Waals surface area contributed by atoms with Crippen LogP contribution in [0.4, 0.5) is 0 Å². The van der Waals surface area contributed by atoms with E-state index in [1.54, 1.807) is 6.07 Å². The Bertz CT molecular complexity index is 441. The fourth-order valence-electron chi connectivity index (χ4n) is 1.21. The Kier molecular flexibility index (Phi) is 3.67. The zero-order valence-electron chi connectivity index (χ0n) is 8.30. The molecule has 0 radical (unpaired) electrons. The molecule has 1 aromatic rings. The molecule has 0 atom stereocenters. The molecule has 0 aliphatic heterocycles. The highest BCUT2D eigenvalue weighted by Gasteiger charge is 2.12. The van der Waals surface area contributed by atoms with Crippen LogP contribution in [0.15, 0.2) is 23.1 Å². The fraction of sp³-hybridized carbons (Fsp3) is 0.333. The number of nitrogens with two attached hydrogens (primary N) is 1. The highest BCUT2D eigenvalue weighted by Crippen LogP contribution is 2.23. The van der Waals surface area contributed by atoms with Crippen molar-refractivity contribution in [2.75, 3.05) is 12.9 Å². The summed E-state index contributed by atoms with van der Waals surface area (Å²) in [5.74, 6) is 4.61. The fourth-order valence-corrected chi connectivity index (χ4v) is 1.96. The minimum Gasteiger partial charge on any atom is -0.507 e. The molecule has 84 valence electrons. The number of sulfone groups is 1. The normalized spacial score (nSPS) is 11.6. The summed E-state index contributed by atoms with van der Waals surface area (Å²) in [7, 11) is -3.38. The van der Waals surface area contributed by atoms with Crippen LogP contribution >= 0.6 is 0 Å². The first kappa shape index (κ1) is 12.0. The van der Waals surface area contributed by atoms with Gasteiger partial charge in [0.1, 0.15) is 10.6 Å². The Morgan fingerprint density at radius 2 is 2.13 bits per heavy atom. The maximum absolute atomic E-state index is 11.2. The van der Waals surface area contributed by atoms with Gasteiger partial charge in [0, 0.05) is 6.26 Å². The van der Waals surface area contributed by atoms with Crippen molar-refractivity contribution >= 4 is 9.84 Å². The highest BCUT2D eigenvalue weighted by molar-refractivity contribution is 7.90. The van der Waals surface area contributed by atoms with Crippen molar-refractivity contribution in [1.29, 1.82) is 0 Å². The van der Waals surface area contributed by atoms with E-state index in [4.69, 9.17) is 5.90 Å². The standard InChI is InChI=1S/C9H13NO4S/c1-15(12,13)9-3-2-7(4-5-14-10)6-8(9)11/h2-3,6,11H,4-5,10H2,1H3. The van der Waals surface area contributed by atoms with Crippen molar-refractivity contribution in [3.8, 4) is 5.75 Å². The largest absolute Gasteiger partial charge is 0.507 e. The smallest absolute Gasteiger partial charge is 0.179 e. The average Bonchev–Trinajstić information content (AvgIpc) is 2.12. The summed E-state index contributed by atoms with van der Waals surface area (Å²) in [4.78, 5) is 4.31. The molecule has 1 rings (SSSR count). The molecule has 5 nitrogen and oxygen atoms in total. The molecule has 0 unspecified atom stereocenters. The SMILES string of the molecule is CS(=O)(=O)c1ccc(CCON)cc1O. The third-order valence-corrected chi connectivity index (χ3v) is 3.08. The molecule has 1 aromatic carbocycles. The summed E-state index contributed by atoms with van der Waals surface area (Å²) in [5, 5.41) is 9.48. The van der Waals surface area contributed by atoms with Gasteiger partial charge in [-0.25, -0.2) is 14.3 Å². The van der Waals surface area contributed by atoms with Gasteiger partial charge in [-0.3, -0.25) is 0 Å². The number of hydrogen-bond acceptors (Lipinski definition) is 5. The molecule has 3 N–H and O–H groups in total. The Morgan fingerprint density at radius 1 is 1.47 bits per heavy atom. The van der Waals surface area contributed by atoms with E-state index in [-0.39, 0.29) is 10.6 Å². The van der Waals surface area contributed by atoms with Gasteiger partial charge in [0.2, 0.25) is 0 Å². The molecule has 0 saturated heterocycles. The van der Waals surface area contributed by atoms with Crippen LogP contribution in [0.1, 0.15) is 5.56 Å². The Hall–Kier alpha value is -1.11. The number of aromatic hydroxyl groups is 1. The third kappa shape index (κ3) is 3.19. The lowest BCUT2D eigenvalue weighted by Crippen LogP contribution is -2.04. The number of rotatable bonds is 4. The predicted octanol–water partition coefficient (Wildman–Crippen LogP) is 0.229. The van der Waals surface area contributed by atoms with Crippen LogP contribution < -0.4 is 5.90 Å². The topological polar surface area (TPSA) is 89.6 Å². The molecular weight excluding hydrogens is 218 g/mol. The monoisotopic (exact) mass is 231 g/mol. The Balaban J connectivity index is 2.99. The molecule has 0 aliphatic carbocycles. The lowest BCUT2D eigenvalue weighted by Gasteiger charge is -2.05. The van der Waals surface area contributed by atoms with Gasteiger partial charge in [0.25, 0.3) is 0 Å². The van der Waals surface area contributed by atoms with Crippen LogP contribution in [-0.4, -0.2) is 26.4 Å². The van der Waals surface area contributed by atoms with Gasteiger partial charge in [0.15, 0.2) is 9.84 Å². The molecule has 0 aliphatic rings. The van der Waals surface area contributed by atoms with Crippen molar-refractivity contribution in [2.24, 2.45) is 5.90 Å². The molecule has 15 heavy (non-hydrogen) atoms. The number of hydrogen-bond donors (Lipinski definition) is 2. The van der Waals surface area contributed by atoms with E-state index in [1.807, 2.05) is 0 Å². The summed E-state index contributed by atoms with van der Waals surface area (Å²) in [6.07, 6.45) is 1.57. The van der Waals surface area contributed by atoms with Gasteiger partial charge in [-0.15, -0.1) is 0 Å². The van der Waals surface area contributed by atoms with Crippen LogP contribution in [0.25, 0.3) is 0 Å². The highest BCUT2D eigenvalue weighted by atomic mass is 32.2. The Morgan fingerprint density at radius 3 is 2.60 bits per heavy atom. The zero-order valence-corrected chi connectivity index (χ0v) is 9.12. The summed E-state index contributed by atoms with van der Waals surface area (Å²) in [6, 6.07) is 4.39. The second kappa shape index (κ2) is 4.61. The van der Waals surface area contributed by atoms with E-state index >= 15 is 0 Å². The van der Waals surface area contributed by atoms with E-state index in [0.717, 1.165) is 11.8 Å². The average molecular weight is 231 g/mol. The molecule has 0 spiro atoms. The van der Waals surface area contributed by atoms with Gasteiger partial charge in [-0.2, -0.15) is 0 Å². The summed E-state index contributed by atoms with van der Waals surface area (Å²) < 4.78 is 22.3. The zero-order chi connectivity index (χ0) is 11.5. The summed E-state index contributed by atoms with van der Waals surface area (Å²) >= 11 is 0. The van der Waals surface area contributed by atoms with Crippen molar-refractivity contribution in [3.63, 3.8) is 0 Å². The summed E-state index contributed by atoms with van der Waals surface area (Å²) in [6.45, 7) is 0.317. The molecule has 6 heteroatoms. The second-order valence-electron chi connectivity index (χ2n) is 3.20. The minimum absolute atomic E-state index is 0.0695. The number of phenols is 1. The van der Waals surface area contributed by atoms with Crippen molar-refractivity contribution in [1.82, 2.24) is 0 Å². The van der Waals surface area contributed by atoms with Crippen LogP contribution in [-0.2, 0) is 21.1 Å². The maximum Gasteiger partial charge on any atom is 0.179 e. The van der Waals surface area contributed by atoms with E-state index in [2.05, 4.69) is 4.84 Å². The molecule has 0 bridgehead atoms. The van der Waals surface area contributed by atoms with E-state index in [9.17, 15) is 13.5 Å². The van der Waals surface area contributed by atoms with Gasteiger partial charge in [0.05, 0.1) is 6.61 Å². The third-order valence-electron chi connectivity index (χ3n) is 1.93. The Labute approximate surface area is 88.4 Å². The van der Waals surface area contributed by atoms with E-state index < -0.39 is 9.84 Å². The molecule has 0 aromatic heterocycles. The molecule has 0 amide bonds. The van der Waals surface area contributed by atoms with Gasteiger partial charge in [-0.05, 0) is 24.1 Å². The first-order valence-electron chi connectivity index (χ1n) is 4.29. The van der Waals surface area contributed by atoms with Gasteiger partial charge in [-0.1, -0.05) is 6.07 Å². The van der Waals surface area contributed by atoms with Crippen LogP contribution in [0, 0.1) is 0 Å². The first-order chi connectivity index (χ1) is 6.95. The van der Waals surface area contributed by atoms with Crippen molar-refractivity contribution < 1.29 is 18.4 Å². The van der Waals surface area contributed by atoms with Gasteiger partial charge >= 0.3 is 0 Å². The van der Waals surface area contributed by atoms with Crippen molar-refractivity contribution in [3.05, 3.63) is 23.8 Å². The van der Waals surface area contributed by atoms with Crippen molar-refractivity contribution in [2.45, 2.75) is 11.3 Å². The second-order valence-corrected chi connectivity index (χ2v) is 5.18. The van der Waals surface area contributed by atoms with Gasteiger partial charge < -0.3 is 9.94 Å². The lowest BCUT2D eigenvalue weighted by atomic mass is 10.1. The number of benzene rings is 1. The quantitative estimate of drug-likeness (QED) is 0.724. The minimum atomic E-state index is -3.38. The lowest BCUT2D eigenvalue weighted by molar-refractivity contribution is 0.141. The maximum atomic E-state index is 11.2. The molecule has 0 heterocycles. The van der Waals surface area contributed by atoms with E-state index in [1.165, 1.54) is 12.1 Å². The predicted molar refractivity (Wildman–Crippen MR) is 55.1 cm³/mol. The van der Waals surface area contributed by atoms with Crippen LogP contribution in [0.2, 0.25) is 0 Å². The van der Waals surface area contributed by atoms with Crippen LogP contribution in [0.5, 0.6) is 5.75 Å².